The van der Waals surface area contributed by atoms with E-state index in [0.29, 0.717) is 0 Å². The summed E-state index contributed by atoms with van der Waals surface area (Å²) in [7, 11) is 0. The highest BCUT2D eigenvalue weighted by atomic mass is 16.3. The molecule has 0 saturated heterocycles. The lowest BCUT2D eigenvalue weighted by molar-refractivity contribution is 0.354. The van der Waals surface area contributed by atoms with Crippen molar-refractivity contribution in [3.63, 3.8) is 0 Å². The molecule has 3 aromatic rings. The summed E-state index contributed by atoms with van der Waals surface area (Å²) >= 11 is 0. The van der Waals surface area contributed by atoms with E-state index in [2.05, 4.69) is 48.5 Å². The van der Waals surface area contributed by atoms with Gasteiger partial charge in [0, 0.05) is 5.92 Å². The van der Waals surface area contributed by atoms with E-state index in [1.54, 1.807) is 12.1 Å². The molecule has 3 aromatic carbocycles. The monoisotopic (exact) mass is 257 g/mol. The van der Waals surface area contributed by atoms with Gasteiger partial charge in [-0.2, -0.15) is 0 Å². The summed E-state index contributed by atoms with van der Waals surface area (Å²) in [6.45, 7) is 0. The lowest BCUT2D eigenvalue weighted by Gasteiger charge is -2.14. The van der Waals surface area contributed by atoms with Crippen LogP contribution in [0, 0.1) is 0 Å². The molecule has 0 fully saturated rings. The molecule has 1 heteroatoms. The first-order valence-electron chi connectivity index (χ1n) is 6.80. The molecule has 0 amide bonds. The summed E-state index contributed by atoms with van der Waals surface area (Å²) in [4.78, 5) is 0. The van der Waals surface area contributed by atoms with Crippen molar-refractivity contribution in [2.75, 3.05) is 0 Å². The van der Waals surface area contributed by atoms with Crippen molar-refractivity contribution < 1.29 is 5.11 Å². The zero-order chi connectivity index (χ0) is 13.5. The minimum Gasteiger partial charge on any atom is -0.290 e. The van der Waals surface area contributed by atoms with Crippen molar-refractivity contribution in [1.82, 2.24) is 0 Å². The zero-order valence-electron chi connectivity index (χ0n) is 10.9. The predicted molar refractivity (Wildman–Crippen MR) is 79.4 cm³/mol. The molecule has 1 radical (unpaired) electrons. The maximum Gasteiger partial charge on any atom is 0.178 e. The van der Waals surface area contributed by atoms with Crippen LogP contribution in [-0.2, 0) is 5.11 Å². The molecular weight excluding hydrogens is 244 g/mol. The molecule has 0 heterocycles. The van der Waals surface area contributed by atoms with Crippen LogP contribution in [0.15, 0.2) is 72.8 Å². The average Bonchev–Trinajstić information content (AvgIpc) is 2.81. The quantitative estimate of drug-likeness (QED) is 0.458. The minimum atomic E-state index is 0.0810. The van der Waals surface area contributed by atoms with Gasteiger partial charge in [0.25, 0.3) is 0 Å². The number of fused-ring (bicyclic) bond motifs is 3. The van der Waals surface area contributed by atoms with Crippen molar-refractivity contribution in [3.8, 4) is 16.9 Å². The van der Waals surface area contributed by atoms with Crippen molar-refractivity contribution >= 4 is 0 Å². The Morgan fingerprint density at radius 3 is 2.20 bits per heavy atom. The Morgan fingerprint density at radius 2 is 1.35 bits per heavy atom. The number of hydrogen-bond donors (Lipinski definition) is 0. The third kappa shape index (κ3) is 1.56. The van der Waals surface area contributed by atoms with E-state index < -0.39 is 0 Å². The lowest BCUT2D eigenvalue weighted by atomic mass is 9.89. The standard InChI is InChI=1S/C19H13O/c20-14-10-11-16-15-8-4-5-9-17(15)19(18(16)12-14)13-6-2-1-3-7-13/h1-12,19H. The summed E-state index contributed by atoms with van der Waals surface area (Å²) in [6.07, 6.45) is 0. The molecule has 0 N–H and O–H groups in total. The molecule has 1 aliphatic carbocycles. The van der Waals surface area contributed by atoms with Gasteiger partial charge in [-0.1, -0.05) is 60.7 Å². The van der Waals surface area contributed by atoms with Gasteiger partial charge in [-0.05, 0) is 39.9 Å². The Labute approximate surface area is 118 Å². The van der Waals surface area contributed by atoms with Crippen molar-refractivity contribution in [3.05, 3.63) is 89.5 Å². The molecule has 0 aromatic heterocycles. The van der Waals surface area contributed by atoms with Crippen LogP contribution in [0.4, 0.5) is 0 Å². The summed E-state index contributed by atoms with van der Waals surface area (Å²) in [6, 6.07) is 24.2. The molecule has 4 rings (SSSR count). The van der Waals surface area contributed by atoms with E-state index in [4.69, 9.17) is 0 Å². The summed E-state index contributed by atoms with van der Waals surface area (Å²) < 4.78 is 0. The van der Waals surface area contributed by atoms with E-state index in [1.165, 1.54) is 22.3 Å². The maximum absolute atomic E-state index is 11.8. The van der Waals surface area contributed by atoms with E-state index in [-0.39, 0.29) is 11.7 Å². The molecule has 1 unspecified atom stereocenters. The van der Waals surface area contributed by atoms with E-state index in [9.17, 15) is 5.11 Å². The van der Waals surface area contributed by atoms with Gasteiger partial charge in [-0.15, -0.1) is 0 Å². The second kappa shape index (κ2) is 4.24. The molecule has 95 valence electrons. The fourth-order valence-electron chi connectivity index (χ4n) is 3.19. The average molecular weight is 257 g/mol. The Balaban J connectivity index is 2.02. The van der Waals surface area contributed by atoms with Gasteiger partial charge in [-0.3, -0.25) is 5.11 Å². The van der Waals surface area contributed by atoms with E-state index >= 15 is 0 Å². The van der Waals surface area contributed by atoms with Gasteiger partial charge in [0.1, 0.15) is 0 Å². The molecule has 1 nitrogen and oxygen atoms in total. The molecule has 1 atom stereocenters. The first-order chi connectivity index (χ1) is 9.84. The van der Waals surface area contributed by atoms with Gasteiger partial charge in [-0.25, -0.2) is 0 Å². The highest BCUT2D eigenvalue weighted by molar-refractivity contribution is 5.81. The Kier molecular flexibility index (Phi) is 2.40. The fraction of sp³-hybridized carbons (Fsp3) is 0.0526. The number of rotatable bonds is 1. The second-order valence-electron chi connectivity index (χ2n) is 5.18. The third-order valence-corrected chi connectivity index (χ3v) is 4.03. The minimum absolute atomic E-state index is 0.0810. The molecule has 0 aliphatic heterocycles. The van der Waals surface area contributed by atoms with Gasteiger partial charge in [0.15, 0.2) is 5.75 Å². The Bertz CT molecular complexity index is 775. The van der Waals surface area contributed by atoms with Crippen LogP contribution in [0.2, 0.25) is 0 Å². The zero-order valence-corrected chi connectivity index (χ0v) is 10.9. The number of benzene rings is 3. The highest BCUT2D eigenvalue weighted by Gasteiger charge is 2.29. The van der Waals surface area contributed by atoms with Crippen molar-refractivity contribution in [2.45, 2.75) is 5.92 Å². The van der Waals surface area contributed by atoms with Crippen LogP contribution < -0.4 is 0 Å². The largest absolute Gasteiger partial charge is 0.290 e. The lowest BCUT2D eigenvalue weighted by Crippen LogP contribution is -1.98. The SMILES string of the molecule is [O]c1ccc2c(c1)C(c1ccccc1)c1ccccc1-2. The van der Waals surface area contributed by atoms with Crippen LogP contribution in [0.25, 0.3) is 11.1 Å². The molecule has 0 spiro atoms. The van der Waals surface area contributed by atoms with Crippen LogP contribution in [0.5, 0.6) is 5.75 Å². The molecule has 0 saturated carbocycles. The predicted octanol–water partition coefficient (Wildman–Crippen LogP) is 4.99. The van der Waals surface area contributed by atoms with Crippen LogP contribution >= 0.6 is 0 Å². The van der Waals surface area contributed by atoms with Crippen molar-refractivity contribution in [2.24, 2.45) is 0 Å². The maximum atomic E-state index is 11.8. The molecule has 0 bridgehead atoms. The Morgan fingerprint density at radius 1 is 0.650 bits per heavy atom. The van der Waals surface area contributed by atoms with Gasteiger partial charge < -0.3 is 0 Å². The number of hydrogen-bond acceptors (Lipinski definition) is 0. The smallest absolute Gasteiger partial charge is 0.178 e. The van der Waals surface area contributed by atoms with Gasteiger partial charge >= 0.3 is 0 Å². The van der Waals surface area contributed by atoms with Crippen molar-refractivity contribution in [1.29, 1.82) is 0 Å². The van der Waals surface area contributed by atoms with Crippen LogP contribution in [0.3, 0.4) is 0 Å². The first-order valence-corrected chi connectivity index (χ1v) is 6.80. The highest BCUT2D eigenvalue weighted by Crippen LogP contribution is 2.48. The van der Waals surface area contributed by atoms with Gasteiger partial charge in [0.05, 0.1) is 0 Å². The topological polar surface area (TPSA) is 19.9 Å². The van der Waals surface area contributed by atoms with Crippen LogP contribution in [-0.4, -0.2) is 0 Å². The third-order valence-electron chi connectivity index (χ3n) is 4.03. The first kappa shape index (κ1) is 11.3. The summed E-state index contributed by atoms with van der Waals surface area (Å²) in [5.41, 5.74) is 6.10. The molecule has 1 aliphatic rings. The van der Waals surface area contributed by atoms with Gasteiger partial charge in [0.2, 0.25) is 0 Å². The fourth-order valence-corrected chi connectivity index (χ4v) is 3.19. The van der Waals surface area contributed by atoms with E-state index in [0.717, 1.165) is 5.56 Å². The normalized spacial score (nSPS) is 15.7. The summed E-state index contributed by atoms with van der Waals surface area (Å²) in [5.74, 6) is 0.258. The summed E-state index contributed by atoms with van der Waals surface area (Å²) in [5, 5.41) is 11.8. The molecule has 20 heavy (non-hydrogen) atoms. The molecular formula is C19H13O. The van der Waals surface area contributed by atoms with E-state index in [1.807, 2.05) is 12.1 Å². The Hall–Kier alpha value is -2.54. The second-order valence-corrected chi connectivity index (χ2v) is 5.18. The van der Waals surface area contributed by atoms with Crippen LogP contribution in [0.1, 0.15) is 22.6 Å².